The summed E-state index contributed by atoms with van der Waals surface area (Å²) in [6, 6.07) is 8.18. The van der Waals surface area contributed by atoms with Gasteiger partial charge in [0.25, 0.3) is 0 Å². The molecule has 1 aliphatic rings. The van der Waals surface area contributed by atoms with Crippen LogP contribution in [0.15, 0.2) is 36.4 Å². The average Bonchev–Trinajstić information content (AvgIpc) is 2.67. The molecular weight excluding hydrogens is 303 g/mol. The molecule has 1 heterocycles. The van der Waals surface area contributed by atoms with Gasteiger partial charge in [0.15, 0.2) is 0 Å². The number of hydrogen-bond acceptors (Lipinski definition) is 3. The summed E-state index contributed by atoms with van der Waals surface area (Å²) < 4.78 is 12.1. The van der Waals surface area contributed by atoms with Gasteiger partial charge in [-0.2, -0.15) is 0 Å². The van der Waals surface area contributed by atoms with Crippen molar-refractivity contribution in [3.63, 3.8) is 0 Å². The fraction of sp³-hybridized carbons (Fsp3) is 0.526. The van der Waals surface area contributed by atoms with Crippen molar-refractivity contribution in [2.75, 3.05) is 0 Å². The monoisotopic (exact) mass is 330 g/mol. The number of aliphatic carboxylic acids is 1. The minimum absolute atomic E-state index is 0.138. The zero-order valence-corrected chi connectivity index (χ0v) is 15.4. The highest BCUT2D eigenvalue weighted by atomic mass is 16.7. The molecule has 1 aromatic carbocycles. The quantitative estimate of drug-likeness (QED) is 0.665. The molecular formula is C19H27BO4. The molecule has 0 atom stereocenters. The Labute approximate surface area is 145 Å². The van der Waals surface area contributed by atoms with Crippen LogP contribution in [-0.2, 0) is 19.5 Å². The molecule has 130 valence electrons. The highest BCUT2D eigenvalue weighted by Crippen LogP contribution is 2.36. The molecule has 0 amide bonds. The Bertz CT molecular complexity index is 613. The van der Waals surface area contributed by atoms with Crippen LogP contribution < -0.4 is 5.46 Å². The fourth-order valence-corrected chi connectivity index (χ4v) is 2.64. The Balaban J connectivity index is 2.12. The van der Waals surface area contributed by atoms with Crippen LogP contribution in [0.25, 0.3) is 0 Å². The number of rotatable bonds is 5. The lowest BCUT2D eigenvalue weighted by Gasteiger charge is -2.32. The first-order valence-electron chi connectivity index (χ1n) is 8.30. The molecule has 0 spiro atoms. The minimum atomic E-state index is -0.915. The zero-order chi connectivity index (χ0) is 18.2. The van der Waals surface area contributed by atoms with Crippen molar-refractivity contribution >= 4 is 18.6 Å². The molecule has 0 saturated carbocycles. The van der Waals surface area contributed by atoms with E-state index in [9.17, 15) is 4.79 Å². The molecule has 1 saturated heterocycles. The van der Waals surface area contributed by atoms with Crippen molar-refractivity contribution in [2.45, 2.75) is 64.6 Å². The summed E-state index contributed by atoms with van der Waals surface area (Å²) in [5.41, 5.74) is 1.31. The van der Waals surface area contributed by atoms with E-state index in [4.69, 9.17) is 14.4 Å². The number of allylic oxidation sites excluding steroid dienone is 1. The standard InChI is InChI=1S/C19H27BO4/c1-17(2,13-7-8-16(21)22)14-9-11-15(12-10-14)20-23-18(3,4)19(5,6)24-20/h7-12H,13H2,1-6H3,(H,21,22). The second kappa shape index (κ2) is 6.38. The number of carboxylic acids is 1. The third kappa shape index (κ3) is 3.90. The van der Waals surface area contributed by atoms with Gasteiger partial charge in [-0.25, -0.2) is 4.79 Å². The summed E-state index contributed by atoms with van der Waals surface area (Å²) in [5.74, 6) is -0.915. The Morgan fingerprint density at radius 1 is 1.12 bits per heavy atom. The lowest BCUT2D eigenvalue weighted by atomic mass is 9.75. The van der Waals surface area contributed by atoms with Gasteiger partial charge in [0.05, 0.1) is 11.2 Å². The molecule has 0 radical (unpaired) electrons. The van der Waals surface area contributed by atoms with E-state index in [-0.39, 0.29) is 23.7 Å². The second-order valence-corrected chi connectivity index (χ2v) is 8.04. The van der Waals surface area contributed by atoms with Crippen molar-refractivity contribution in [3.05, 3.63) is 42.0 Å². The highest BCUT2D eigenvalue weighted by molar-refractivity contribution is 6.62. The molecule has 0 bridgehead atoms. The van der Waals surface area contributed by atoms with Crippen LogP contribution >= 0.6 is 0 Å². The minimum Gasteiger partial charge on any atom is -0.478 e. The van der Waals surface area contributed by atoms with E-state index in [1.165, 1.54) is 6.08 Å². The van der Waals surface area contributed by atoms with Crippen molar-refractivity contribution in [1.29, 1.82) is 0 Å². The molecule has 2 rings (SSSR count). The van der Waals surface area contributed by atoms with Crippen LogP contribution in [0.2, 0.25) is 0 Å². The van der Waals surface area contributed by atoms with Crippen LogP contribution in [0.5, 0.6) is 0 Å². The SMILES string of the molecule is CC(C)(CC=CC(=O)O)c1ccc(B2OC(C)(C)C(C)(C)O2)cc1. The van der Waals surface area contributed by atoms with Crippen LogP contribution in [0, 0.1) is 0 Å². The fourth-order valence-electron chi connectivity index (χ4n) is 2.64. The molecule has 5 heteroatoms. The summed E-state index contributed by atoms with van der Waals surface area (Å²) in [6.07, 6.45) is 3.56. The van der Waals surface area contributed by atoms with Crippen LogP contribution in [0.4, 0.5) is 0 Å². The van der Waals surface area contributed by atoms with Gasteiger partial charge in [-0.1, -0.05) is 44.2 Å². The molecule has 0 unspecified atom stereocenters. The van der Waals surface area contributed by atoms with E-state index in [1.54, 1.807) is 6.08 Å². The Morgan fingerprint density at radius 3 is 2.08 bits per heavy atom. The lowest BCUT2D eigenvalue weighted by molar-refractivity contribution is -0.131. The topological polar surface area (TPSA) is 55.8 Å². The van der Waals surface area contributed by atoms with Crippen molar-refractivity contribution in [2.24, 2.45) is 0 Å². The van der Waals surface area contributed by atoms with Gasteiger partial charge in [-0.15, -0.1) is 0 Å². The molecule has 1 aliphatic heterocycles. The number of benzene rings is 1. The molecule has 0 aliphatic carbocycles. The predicted molar refractivity (Wildman–Crippen MR) is 96.6 cm³/mol. The van der Waals surface area contributed by atoms with Gasteiger partial charge in [0.1, 0.15) is 0 Å². The van der Waals surface area contributed by atoms with E-state index >= 15 is 0 Å². The molecule has 0 aromatic heterocycles. The summed E-state index contributed by atoms with van der Waals surface area (Å²) in [6.45, 7) is 12.4. The van der Waals surface area contributed by atoms with E-state index < -0.39 is 5.97 Å². The van der Waals surface area contributed by atoms with Crippen LogP contribution in [-0.4, -0.2) is 29.4 Å². The van der Waals surface area contributed by atoms with Gasteiger partial charge < -0.3 is 14.4 Å². The summed E-state index contributed by atoms with van der Waals surface area (Å²) in [7, 11) is -0.362. The maximum Gasteiger partial charge on any atom is 0.494 e. The van der Waals surface area contributed by atoms with Gasteiger partial charge >= 0.3 is 13.1 Å². The van der Waals surface area contributed by atoms with Crippen LogP contribution in [0.1, 0.15) is 53.5 Å². The zero-order valence-electron chi connectivity index (χ0n) is 15.4. The predicted octanol–water partition coefficient (Wildman–Crippen LogP) is 3.29. The molecule has 1 N–H and O–H groups in total. The van der Waals surface area contributed by atoms with E-state index in [0.717, 1.165) is 11.0 Å². The molecule has 4 nitrogen and oxygen atoms in total. The van der Waals surface area contributed by atoms with E-state index in [1.807, 2.05) is 39.8 Å². The maximum absolute atomic E-state index is 10.6. The van der Waals surface area contributed by atoms with Gasteiger partial charge in [0.2, 0.25) is 0 Å². The summed E-state index contributed by atoms with van der Waals surface area (Å²) in [5, 5.41) is 8.71. The van der Waals surface area contributed by atoms with Crippen molar-refractivity contribution in [1.82, 2.24) is 0 Å². The smallest absolute Gasteiger partial charge is 0.478 e. The molecule has 1 fully saturated rings. The summed E-state index contributed by atoms with van der Waals surface area (Å²) in [4.78, 5) is 10.6. The second-order valence-electron chi connectivity index (χ2n) is 8.04. The normalized spacial score (nSPS) is 19.8. The number of carbonyl (C=O) groups is 1. The average molecular weight is 330 g/mol. The number of carboxylic acid groups (broad SMARTS) is 1. The lowest BCUT2D eigenvalue weighted by Crippen LogP contribution is -2.41. The van der Waals surface area contributed by atoms with Crippen LogP contribution in [0.3, 0.4) is 0 Å². The third-order valence-corrected chi connectivity index (χ3v) is 5.11. The third-order valence-electron chi connectivity index (χ3n) is 5.11. The summed E-state index contributed by atoms with van der Waals surface area (Å²) >= 11 is 0. The highest BCUT2D eigenvalue weighted by Gasteiger charge is 2.51. The number of hydrogen-bond donors (Lipinski definition) is 1. The van der Waals surface area contributed by atoms with Crippen molar-refractivity contribution < 1.29 is 19.2 Å². The Morgan fingerprint density at radius 2 is 1.62 bits per heavy atom. The molecule has 1 aromatic rings. The van der Waals surface area contributed by atoms with Gasteiger partial charge in [0, 0.05) is 6.08 Å². The Hall–Kier alpha value is -1.59. The van der Waals surface area contributed by atoms with E-state index in [0.29, 0.717) is 6.42 Å². The van der Waals surface area contributed by atoms with Crippen molar-refractivity contribution in [3.8, 4) is 0 Å². The van der Waals surface area contributed by atoms with E-state index in [2.05, 4.69) is 26.0 Å². The first-order chi connectivity index (χ1) is 10.9. The molecule has 24 heavy (non-hydrogen) atoms. The maximum atomic E-state index is 10.6. The van der Waals surface area contributed by atoms with Gasteiger partial charge in [-0.3, -0.25) is 0 Å². The van der Waals surface area contributed by atoms with Gasteiger partial charge in [-0.05, 0) is 50.6 Å². The first-order valence-corrected chi connectivity index (χ1v) is 8.30. The Kier molecular flexibility index (Phi) is 4.98. The largest absolute Gasteiger partial charge is 0.494 e. The first kappa shape index (κ1) is 18.7.